The Kier molecular flexibility index (Phi) is 4.28. The van der Waals surface area contributed by atoms with Gasteiger partial charge in [-0.25, -0.2) is 4.79 Å². The van der Waals surface area contributed by atoms with E-state index in [4.69, 9.17) is 33.0 Å². The molecular weight excluding hydrogens is 339 g/mol. The zero-order chi connectivity index (χ0) is 16.6. The van der Waals surface area contributed by atoms with E-state index in [2.05, 4.69) is 0 Å². The molecule has 0 saturated carbocycles. The van der Waals surface area contributed by atoms with Crippen LogP contribution < -0.4 is 4.74 Å². The third kappa shape index (κ3) is 3.05. The average Bonchev–Trinajstić information content (AvgIpc) is 2.96. The smallest absolute Gasteiger partial charge is 0.345 e. The SMILES string of the molecule is O=C(Cc1ccccc1)c1cc2c(c(Cl)c1Cl)OC(C(=O)O)C2. The number of Topliss-reactive ketones (excluding diaryl/α,β-unsaturated/α-hetero) is 1. The summed E-state index contributed by atoms with van der Waals surface area (Å²) in [5.74, 6) is -1.00. The van der Waals surface area contributed by atoms with E-state index in [0.29, 0.717) is 5.56 Å². The summed E-state index contributed by atoms with van der Waals surface area (Å²) in [6, 6.07) is 10.9. The molecule has 2 aromatic carbocycles. The van der Waals surface area contributed by atoms with Crippen molar-refractivity contribution in [2.24, 2.45) is 0 Å². The molecule has 0 spiro atoms. The molecule has 0 aromatic heterocycles. The summed E-state index contributed by atoms with van der Waals surface area (Å²) in [7, 11) is 0. The maximum absolute atomic E-state index is 12.5. The maximum Gasteiger partial charge on any atom is 0.345 e. The predicted octanol–water partition coefficient (Wildman–Crippen LogP) is 3.81. The van der Waals surface area contributed by atoms with Crippen LogP contribution in [0.25, 0.3) is 0 Å². The molecule has 6 heteroatoms. The highest BCUT2D eigenvalue weighted by Gasteiger charge is 2.33. The third-order valence-electron chi connectivity index (χ3n) is 3.69. The van der Waals surface area contributed by atoms with E-state index < -0.39 is 12.1 Å². The van der Waals surface area contributed by atoms with Gasteiger partial charge in [0, 0.05) is 24.0 Å². The molecule has 0 amide bonds. The van der Waals surface area contributed by atoms with Crippen molar-refractivity contribution in [2.75, 3.05) is 0 Å². The molecule has 1 N–H and O–H groups in total. The molecule has 0 radical (unpaired) electrons. The number of fused-ring (bicyclic) bond motifs is 1. The first-order valence-electron chi connectivity index (χ1n) is 6.95. The Bertz CT molecular complexity index is 787. The second-order valence-corrected chi connectivity index (χ2v) is 6.03. The number of hydrogen-bond acceptors (Lipinski definition) is 3. The number of ketones is 1. The van der Waals surface area contributed by atoms with Gasteiger partial charge in [-0.2, -0.15) is 0 Å². The maximum atomic E-state index is 12.5. The first-order chi connectivity index (χ1) is 11.0. The second kappa shape index (κ2) is 6.22. The summed E-state index contributed by atoms with van der Waals surface area (Å²) in [5.41, 5.74) is 1.74. The van der Waals surface area contributed by atoms with Gasteiger partial charge in [0.25, 0.3) is 0 Å². The van der Waals surface area contributed by atoms with Gasteiger partial charge >= 0.3 is 5.97 Å². The predicted molar refractivity (Wildman–Crippen MR) is 86.7 cm³/mol. The Morgan fingerprint density at radius 1 is 1.17 bits per heavy atom. The number of aliphatic carboxylic acids is 1. The van der Waals surface area contributed by atoms with Gasteiger partial charge in [-0.05, 0) is 11.6 Å². The number of rotatable bonds is 4. The second-order valence-electron chi connectivity index (χ2n) is 5.27. The van der Waals surface area contributed by atoms with Gasteiger partial charge in [-0.1, -0.05) is 53.5 Å². The van der Waals surface area contributed by atoms with Crippen LogP contribution in [0.3, 0.4) is 0 Å². The van der Waals surface area contributed by atoms with Crippen LogP contribution in [-0.2, 0) is 17.6 Å². The highest BCUT2D eigenvalue weighted by Crippen LogP contribution is 2.42. The fourth-order valence-corrected chi connectivity index (χ4v) is 3.06. The molecule has 0 fully saturated rings. The van der Waals surface area contributed by atoms with Gasteiger partial charge in [0.15, 0.2) is 11.9 Å². The lowest BCUT2D eigenvalue weighted by Gasteiger charge is -2.10. The molecule has 1 heterocycles. The van der Waals surface area contributed by atoms with Crippen molar-refractivity contribution in [3.63, 3.8) is 0 Å². The first kappa shape index (κ1) is 15.8. The van der Waals surface area contributed by atoms with Crippen molar-refractivity contribution < 1.29 is 19.4 Å². The number of ether oxygens (including phenoxy) is 1. The number of benzene rings is 2. The van der Waals surface area contributed by atoms with Gasteiger partial charge in [-0.15, -0.1) is 0 Å². The minimum absolute atomic E-state index is 0.0873. The van der Waals surface area contributed by atoms with E-state index in [0.717, 1.165) is 5.56 Å². The van der Waals surface area contributed by atoms with Crippen molar-refractivity contribution in [1.29, 1.82) is 0 Å². The molecule has 23 heavy (non-hydrogen) atoms. The monoisotopic (exact) mass is 350 g/mol. The van der Waals surface area contributed by atoms with Crippen LogP contribution in [0.15, 0.2) is 36.4 Å². The van der Waals surface area contributed by atoms with Gasteiger partial charge in [0.1, 0.15) is 10.8 Å². The number of hydrogen-bond donors (Lipinski definition) is 1. The lowest BCUT2D eigenvalue weighted by molar-refractivity contribution is -0.144. The topological polar surface area (TPSA) is 63.6 Å². The summed E-state index contributed by atoms with van der Waals surface area (Å²) < 4.78 is 5.31. The number of halogens is 2. The van der Waals surface area contributed by atoms with Gasteiger partial charge in [0.05, 0.1) is 5.02 Å². The Labute approximate surface area is 142 Å². The van der Waals surface area contributed by atoms with Crippen LogP contribution in [-0.4, -0.2) is 23.0 Å². The largest absolute Gasteiger partial charge is 0.478 e. The molecule has 2 aromatic rings. The average molecular weight is 351 g/mol. The summed E-state index contributed by atoms with van der Waals surface area (Å²) >= 11 is 12.3. The molecule has 4 nitrogen and oxygen atoms in total. The van der Waals surface area contributed by atoms with Crippen LogP contribution >= 0.6 is 23.2 Å². The Hall–Kier alpha value is -2.04. The molecule has 1 aliphatic rings. The van der Waals surface area contributed by atoms with E-state index in [1.54, 1.807) is 6.07 Å². The minimum atomic E-state index is -1.08. The van der Waals surface area contributed by atoms with Crippen molar-refractivity contribution in [2.45, 2.75) is 18.9 Å². The van der Waals surface area contributed by atoms with Crippen LogP contribution in [0, 0.1) is 0 Å². The van der Waals surface area contributed by atoms with Gasteiger partial charge < -0.3 is 9.84 Å². The standard InChI is InChI=1S/C17H12Cl2O4/c18-14-11(12(20)6-9-4-2-1-3-5-9)7-10-8-13(17(21)22)23-16(10)15(14)19/h1-5,7,13H,6,8H2,(H,21,22). The minimum Gasteiger partial charge on any atom is -0.478 e. The molecule has 0 bridgehead atoms. The van der Waals surface area contributed by atoms with E-state index in [-0.39, 0.29) is 40.0 Å². The molecule has 1 aliphatic heterocycles. The van der Waals surface area contributed by atoms with Crippen molar-refractivity contribution in [3.05, 3.63) is 63.1 Å². The van der Waals surface area contributed by atoms with Crippen LogP contribution in [0.5, 0.6) is 5.75 Å². The Morgan fingerprint density at radius 3 is 2.52 bits per heavy atom. The van der Waals surface area contributed by atoms with Crippen molar-refractivity contribution in [1.82, 2.24) is 0 Å². The summed E-state index contributed by atoms with van der Waals surface area (Å²) in [5, 5.41) is 9.23. The number of carboxylic acids is 1. The lowest BCUT2D eigenvalue weighted by Crippen LogP contribution is -2.24. The van der Waals surface area contributed by atoms with E-state index in [1.807, 2.05) is 30.3 Å². The highest BCUT2D eigenvalue weighted by atomic mass is 35.5. The summed E-state index contributed by atoms with van der Waals surface area (Å²) in [4.78, 5) is 23.6. The Balaban J connectivity index is 1.93. The zero-order valence-corrected chi connectivity index (χ0v) is 13.4. The zero-order valence-electron chi connectivity index (χ0n) is 11.9. The number of carbonyl (C=O) groups is 2. The molecule has 118 valence electrons. The fraction of sp³-hybridized carbons (Fsp3) is 0.176. The Morgan fingerprint density at radius 2 is 1.87 bits per heavy atom. The number of carboxylic acid groups (broad SMARTS) is 1. The summed E-state index contributed by atoms with van der Waals surface area (Å²) in [6.45, 7) is 0. The van der Waals surface area contributed by atoms with Crippen LogP contribution in [0.2, 0.25) is 10.0 Å². The molecule has 0 aliphatic carbocycles. The number of carbonyl (C=O) groups excluding carboxylic acids is 1. The quantitative estimate of drug-likeness (QED) is 0.851. The van der Waals surface area contributed by atoms with Crippen LogP contribution in [0.1, 0.15) is 21.5 Å². The molecule has 0 saturated heterocycles. The van der Waals surface area contributed by atoms with E-state index in [1.165, 1.54) is 0 Å². The van der Waals surface area contributed by atoms with Crippen molar-refractivity contribution >= 4 is 35.0 Å². The van der Waals surface area contributed by atoms with E-state index in [9.17, 15) is 9.59 Å². The molecular formula is C17H12Cl2O4. The third-order valence-corrected chi connectivity index (χ3v) is 4.54. The molecule has 1 unspecified atom stereocenters. The van der Waals surface area contributed by atoms with Gasteiger partial charge in [-0.3, -0.25) is 4.79 Å². The normalized spacial score (nSPS) is 15.8. The fourth-order valence-electron chi connectivity index (χ4n) is 2.54. The van der Waals surface area contributed by atoms with Gasteiger partial charge in [0.2, 0.25) is 0 Å². The molecule has 3 rings (SSSR count). The summed E-state index contributed by atoms with van der Waals surface area (Å²) in [6.07, 6.45) is -0.649. The molecule has 1 atom stereocenters. The van der Waals surface area contributed by atoms with Crippen molar-refractivity contribution in [3.8, 4) is 5.75 Å². The van der Waals surface area contributed by atoms with E-state index >= 15 is 0 Å². The van der Waals surface area contributed by atoms with Crippen LogP contribution in [0.4, 0.5) is 0 Å². The lowest BCUT2D eigenvalue weighted by atomic mass is 9.99. The highest BCUT2D eigenvalue weighted by molar-refractivity contribution is 6.45. The first-order valence-corrected chi connectivity index (χ1v) is 7.70.